The average molecular weight is 1960 g/mol. The largest absolute Gasteiger partial charge is 0.369 e. The number of carbonyl (C=O) groups excluding carboxylic acids is 8. The molecule has 2 aliphatic carbocycles. The van der Waals surface area contributed by atoms with E-state index >= 15 is 0 Å². The lowest BCUT2D eigenvalue weighted by atomic mass is 9.84. The summed E-state index contributed by atoms with van der Waals surface area (Å²) in [6.45, 7) is 10.8. The number of nitrogens with zero attached hydrogens (tertiary/aromatic N) is 13. The molecular formula is C108H166N26O8. The van der Waals surface area contributed by atoms with E-state index in [0.29, 0.717) is 155 Å². The number of pyridine rings is 1. The molecule has 17 N–H and O–H groups in total. The summed E-state index contributed by atoms with van der Waals surface area (Å²) in [7, 11) is 2.16. The van der Waals surface area contributed by atoms with Crippen molar-refractivity contribution in [1.29, 1.82) is 0 Å². The minimum atomic E-state index is -0.469. The molecule has 142 heavy (non-hydrogen) atoms. The van der Waals surface area contributed by atoms with E-state index in [1.165, 1.54) is 57.1 Å². The highest BCUT2D eigenvalue weighted by molar-refractivity contribution is 5.99. The van der Waals surface area contributed by atoms with Crippen LogP contribution in [-0.2, 0) is 57.7 Å². The lowest BCUT2D eigenvalue weighted by Gasteiger charge is -2.34. The third-order valence-corrected chi connectivity index (χ3v) is 28.3. The number of aryl methyl sites for hydroxylation is 5. The maximum absolute atomic E-state index is 13.4. The summed E-state index contributed by atoms with van der Waals surface area (Å²) in [5, 5.41) is 32.4. The molecule has 34 heteroatoms. The van der Waals surface area contributed by atoms with Crippen LogP contribution < -0.4 is 75.7 Å². The van der Waals surface area contributed by atoms with Gasteiger partial charge < -0.3 is 80.6 Å². The van der Waals surface area contributed by atoms with Crippen molar-refractivity contribution in [2.45, 2.75) is 345 Å². The molecule has 1 saturated heterocycles. The standard InChI is InChI=1S/C30H45N7O2.C28H38N8O2.C25H42N6O2.C25H41N5O2/c1-36-17-19-37(20-18-36)24-13-11-23(12-14-24)21-28(38)25-22-34-30-33-16-8-3-2-7-15-32-29(39)26(31)9-5-4-6-10-27(25)35-30;29-23-9-4-3-5-10-24-22(20-33-28(35-24)31-16-7-2-1-6-15-30-27(23)38)25(37)13-11-21-12-14-26(32-19-21)36-18-8-17-34-36;26-21-13-7-4-8-14-22-20(23(32)29-17-19-11-5-3-6-12-19)18-30-25(31-22)28-16-10-2-1-9-15-27-24(21)33;26-21-13-7-4-8-14-22-20(23(31)17-19-11-5-3-6-12-19)18-29-25(30-22)28-16-10-2-1-9-15-27-24(21)32/h11-14,22,26H,2-10,15-21,31H2,1H3,(H,32,39)(H,33,34,35);8,12,14,17-20,23H,1-7,9-11,13,15-16,29H2,(H,30,38)(H,31,33,35);18-19,21H,1-17,26H2,(H,27,33)(H,29,32)(H,28,30,31);18-19,21H,1-17,26H2,(H,27,32)(H,28,29,30)/t26-;23-;2*21-/m0000/s1. The topological polar surface area (TPSA) is 489 Å². The van der Waals surface area contributed by atoms with Crippen molar-refractivity contribution in [3.8, 4) is 5.82 Å². The Kier molecular flexibility index (Phi) is 50.2. The van der Waals surface area contributed by atoms with E-state index in [-0.39, 0.29) is 46.9 Å². The second-order valence-electron chi connectivity index (χ2n) is 39.9. The first-order valence-corrected chi connectivity index (χ1v) is 54.2. The maximum atomic E-state index is 13.4. The fraction of sp³-hybridized carbons (Fsp3) is 0.648. The number of carbonyl (C=O) groups is 8. The highest BCUT2D eigenvalue weighted by Crippen LogP contribution is 2.31. The molecule has 0 radical (unpaired) electrons. The summed E-state index contributed by atoms with van der Waals surface area (Å²) in [6, 6.07) is 12.3. The van der Waals surface area contributed by atoms with Gasteiger partial charge in [0, 0.05) is 153 Å². The number of nitrogens with one attached hydrogen (secondary N) is 9. The van der Waals surface area contributed by atoms with Gasteiger partial charge in [0.15, 0.2) is 23.2 Å². The van der Waals surface area contributed by atoms with E-state index < -0.39 is 24.2 Å². The van der Waals surface area contributed by atoms with Gasteiger partial charge in [-0.05, 0) is 202 Å². The van der Waals surface area contributed by atoms with Gasteiger partial charge >= 0.3 is 0 Å². The third-order valence-electron chi connectivity index (χ3n) is 28.3. The average Bonchev–Trinajstić information content (AvgIpc) is 1.02. The number of aromatic nitrogens is 11. The maximum Gasteiger partial charge on any atom is 0.254 e. The van der Waals surface area contributed by atoms with Gasteiger partial charge in [-0.25, -0.2) is 49.5 Å². The monoisotopic (exact) mass is 1960 g/mol. The predicted octanol–water partition coefficient (Wildman–Crippen LogP) is 14.1. The van der Waals surface area contributed by atoms with E-state index in [2.05, 4.69) is 119 Å². The van der Waals surface area contributed by atoms with Gasteiger partial charge in [-0.1, -0.05) is 172 Å². The molecule has 5 amide bonds. The summed E-state index contributed by atoms with van der Waals surface area (Å²) in [4.78, 5) is 147. The van der Waals surface area contributed by atoms with Crippen LogP contribution in [0.4, 0.5) is 29.5 Å². The second-order valence-corrected chi connectivity index (χ2v) is 39.9. The molecule has 2 saturated carbocycles. The second kappa shape index (κ2) is 63.9. The van der Waals surface area contributed by atoms with Gasteiger partial charge in [-0.15, -0.1) is 0 Å². The lowest BCUT2D eigenvalue weighted by molar-refractivity contribution is -0.123. The van der Waals surface area contributed by atoms with Crippen LogP contribution in [0.1, 0.15) is 358 Å². The lowest BCUT2D eigenvalue weighted by Crippen LogP contribution is -2.44. The van der Waals surface area contributed by atoms with E-state index in [4.69, 9.17) is 42.9 Å². The predicted molar refractivity (Wildman–Crippen MR) is 561 cm³/mol. The van der Waals surface area contributed by atoms with Crippen LogP contribution in [0.5, 0.6) is 0 Å². The highest BCUT2D eigenvalue weighted by atomic mass is 16.2. The fourth-order valence-electron chi connectivity index (χ4n) is 19.3. The summed E-state index contributed by atoms with van der Waals surface area (Å²) in [5.41, 5.74) is 33.2. The van der Waals surface area contributed by atoms with E-state index in [1.54, 1.807) is 41.9 Å². The SMILES string of the molecule is CN1CCN(c2ccc(CC(=O)c3cnc4nc3CCCCC[C@H](N)C(=O)NCCCCCCN4)cc2)CC1.N[C@H]1CCCCCc2nc(ncc2C(=O)CC2CCCCC2)NCCCCCCNC1=O.N[C@H]1CCCCCc2nc(ncc2C(=O)CCc2ccc(-n3cccn3)nc2)NCCCCCCNC1=O.N[C@H]1CCCCCc2nc(ncc2C(=O)NCC2CCCCC2)NCCCCCCNC1=O. The molecule has 7 aromatic rings. The molecule has 7 aliphatic rings. The van der Waals surface area contributed by atoms with Crippen LogP contribution in [0.2, 0.25) is 0 Å². The highest BCUT2D eigenvalue weighted by Gasteiger charge is 2.27. The first-order chi connectivity index (χ1) is 69.4. The number of amides is 5. The van der Waals surface area contributed by atoms with Crippen molar-refractivity contribution in [3.63, 3.8) is 0 Å². The first kappa shape index (κ1) is 111. The molecule has 3 fully saturated rings. The fourth-order valence-corrected chi connectivity index (χ4v) is 19.3. The van der Waals surface area contributed by atoms with Crippen LogP contribution in [0.15, 0.2) is 85.8 Å². The molecule has 6 aromatic heterocycles. The van der Waals surface area contributed by atoms with Crippen molar-refractivity contribution in [2.24, 2.45) is 34.8 Å². The van der Waals surface area contributed by atoms with Crippen LogP contribution >= 0.6 is 0 Å². The number of ketones is 3. The number of rotatable bonds is 15. The number of anilines is 5. The van der Waals surface area contributed by atoms with Crippen molar-refractivity contribution in [2.75, 3.05) is 118 Å². The Labute approximate surface area is 842 Å². The van der Waals surface area contributed by atoms with Crippen molar-refractivity contribution >= 4 is 76.4 Å². The molecule has 5 aliphatic heterocycles. The zero-order valence-corrected chi connectivity index (χ0v) is 85.0. The number of benzene rings is 1. The molecule has 14 rings (SSSR count). The van der Waals surface area contributed by atoms with Crippen LogP contribution in [0, 0.1) is 11.8 Å². The number of piperazine rings is 1. The Morgan fingerprint density at radius 1 is 0.359 bits per heavy atom. The van der Waals surface area contributed by atoms with Crippen LogP contribution in [0.25, 0.3) is 5.82 Å². The molecule has 1 aromatic carbocycles. The van der Waals surface area contributed by atoms with Gasteiger partial charge in [0.1, 0.15) is 0 Å². The van der Waals surface area contributed by atoms with Gasteiger partial charge in [0.05, 0.1) is 69.2 Å². The third kappa shape index (κ3) is 40.7. The quantitative estimate of drug-likeness (QED) is 0.0424. The van der Waals surface area contributed by atoms with Gasteiger partial charge in [0.2, 0.25) is 47.4 Å². The van der Waals surface area contributed by atoms with Gasteiger partial charge in [0.25, 0.3) is 5.91 Å². The van der Waals surface area contributed by atoms with Gasteiger partial charge in [-0.2, -0.15) is 5.10 Å². The number of nitrogens with two attached hydrogens (primary N) is 4. The van der Waals surface area contributed by atoms with Crippen molar-refractivity contribution < 1.29 is 38.4 Å². The summed E-state index contributed by atoms with van der Waals surface area (Å²) in [5.74, 6) is 4.23. The Balaban J connectivity index is 0.000000181. The molecule has 0 unspecified atom stereocenters. The molecule has 0 spiro atoms. The molecule has 8 bridgehead atoms. The number of hydrogen-bond acceptors (Lipinski definition) is 28. The van der Waals surface area contributed by atoms with Crippen LogP contribution in [0.3, 0.4) is 0 Å². The Bertz CT molecular complexity index is 4910. The molecular weight excluding hydrogens is 1790 g/mol. The minimum absolute atomic E-state index is 0.0311. The summed E-state index contributed by atoms with van der Waals surface area (Å²) in [6.07, 6.45) is 59.0. The molecule has 11 heterocycles. The zero-order valence-electron chi connectivity index (χ0n) is 85.0. The van der Waals surface area contributed by atoms with Crippen molar-refractivity contribution in [3.05, 3.63) is 142 Å². The molecule has 4 atom stereocenters. The van der Waals surface area contributed by atoms with Crippen molar-refractivity contribution in [1.82, 2.24) is 86.1 Å². The summed E-state index contributed by atoms with van der Waals surface area (Å²) < 4.78 is 1.70. The normalized spacial score (nSPS) is 20.9. The number of hydrogen-bond donors (Lipinski definition) is 13. The first-order valence-electron chi connectivity index (χ1n) is 54.2. The Morgan fingerprint density at radius 3 is 1.09 bits per heavy atom. The van der Waals surface area contributed by atoms with Crippen LogP contribution in [-0.4, -0.2) is 223 Å². The minimum Gasteiger partial charge on any atom is -0.369 e. The van der Waals surface area contributed by atoms with E-state index in [1.807, 2.05) is 24.4 Å². The number of likely N-dealkylation sites (N-methyl/N-ethyl adjacent to an activating group) is 1. The Hall–Kier alpha value is -10.9. The zero-order chi connectivity index (χ0) is 99.9. The van der Waals surface area contributed by atoms with E-state index in [9.17, 15) is 38.4 Å². The number of fused-ring (bicyclic) bond motifs is 8. The molecule has 776 valence electrons. The van der Waals surface area contributed by atoms with E-state index in [0.717, 1.165) is 298 Å². The van der Waals surface area contributed by atoms with Gasteiger partial charge in [-0.3, -0.25) is 38.4 Å². The molecule has 34 nitrogen and oxygen atoms in total. The summed E-state index contributed by atoms with van der Waals surface area (Å²) >= 11 is 0. The smallest absolute Gasteiger partial charge is 0.254 e. The Morgan fingerprint density at radius 2 is 0.704 bits per heavy atom. The number of Topliss-reactive ketones (excluding diaryl/α,β-unsaturated/α-hetero) is 3.